The van der Waals surface area contributed by atoms with Gasteiger partial charge in [0.1, 0.15) is 11.6 Å². The lowest BCUT2D eigenvalue weighted by Gasteiger charge is -2.10. The van der Waals surface area contributed by atoms with Crippen LogP contribution in [0.25, 0.3) is 16.6 Å². The van der Waals surface area contributed by atoms with Crippen molar-refractivity contribution < 1.29 is 9.13 Å². The molecule has 0 atom stereocenters. The summed E-state index contributed by atoms with van der Waals surface area (Å²) >= 11 is 0. The number of hydrogen-bond donors (Lipinski definition) is 3. The van der Waals surface area contributed by atoms with Crippen molar-refractivity contribution in [3.8, 4) is 11.4 Å². The second-order valence-corrected chi connectivity index (χ2v) is 7.06. The molecule has 0 bridgehead atoms. The first kappa shape index (κ1) is 20.5. The van der Waals surface area contributed by atoms with Crippen LogP contribution in [0.4, 0.5) is 4.39 Å². The number of guanidine groups is 1. The fraction of sp³-hybridized carbons (Fsp3) is 0.217. The van der Waals surface area contributed by atoms with Crippen LogP contribution in [0.3, 0.4) is 0 Å². The molecule has 4 aromatic rings. The molecule has 0 radical (unpaired) electrons. The Morgan fingerprint density at radius 1 is 1.16 bits per heavy atom. The summed E-state index contributed by atoms with van der Waals surface area (Å²) in [5, 5.41) is 12.2. The van der Waals surface area contributed by atoms with E-state index in [-0.39, 0.29) is 5.82 Å². The van der Waals surface area contributed by atoms with Gasteiger partial charge in [-0.1, -0.05) is 0 Å². The van der Waals surface area contributed by atoms with E-state index in [1.807, 2.05) is 53.5 Å². The Morgan fingerprint density at radius 3 is 2.77 bits per heavy atom. The third-order valence-electron chi connectivity index (χ3n) is 5.06. The molecule has 0 spiro atoms. The normalized spacial score (nSPS) is 11.6. The molecule has 0 unspecified atom stereocenters. The molecule has 0 amide bonds. The quantitative estimate of drug-likeness (QED) is 0.316. The monoisotopic (exact) mass is 420 g/mol. The number of nitrogens with one attached hydrogen (secondary N) is 3. The Hall–Kier alpha value is -3.81. The molecule has 2 aromatic carbocycles. The van der Waals surface area contributed by atoms with Crippen LogP contribution >= 0.6 is 0 Å². The van der Waals surface area contributed by atoms with Crippen LogP contribution in [0, 0.1) is 5.82 Å². The van der Waals surface area contributed by atoms with Crippen molar-refractivity contribution in [3.05, 3.63) is 78.0 Å². The van der Waals surface area contributed by atoms with Crippen LogP contribution in [0.2, 0.25) is 0 Å². The van der Waals surface area contributed by atoms with Crippen LogP contribution in [0.5, 0.6) is 5.75 Å². The number of benzene rings is 2. The molecule has 160 valence electrons. The van der Waals surface area contributed by atoms with Crippen molar-refractivity contribution in [1.82, 2.24) is 25.4 Å². The zero-order chi connectivity index (χ0) is 21.6. The molecule has 4 rings (SSSR count). The highest BCUT2D eigenvalue weighted by Crippen LogP contribution is 2.19. The fourth-order valence-corrected chi connectivity index (χ4v) is 3.41. The lowest BCUT2D eigenvalue weighted by atomic mass is 10.1. The Balaban J connectivity index is 1.29. The standard InChI is InChI=1S/C23H25FN6O/c1-25-23(26-11-9-16-14-27-22-13-17(24)3-8-21(16)22)28-15-18-10-12-30(29-18)19-4-6-20(31-2)7-5-19/h3-8,10,12-14,27H,9,11,15H2,1-2H3,(H2,25,26,28). The number of aliphatic imine (C=N–C) groups is 1. The number of aromatic nitrogens is 3. The molecule has 0 fully saturated rings. The van der Waals surface area contributed by atoms with Gasteiger partial charge in [-0.25, -0.2) is 9.07 Å². The molecule has 0 aliphatic rings. The average molecular weight is 420 g/mol. The lowest BCUT2D eigenvalue weighted by Crippen LogP contribution is -2.37. The van der Waals surface area contributed by atoms with Crippen LogP contribution in [0.15, 0.2) is 65.9 Å². The minimum absolute atomic E-state index is 0.238. The number of halogens is 1. The third-order valence-corrected chi connectivity index (χ3v) is 5.06. The highest BCUT2D eigenvalue weighted by molar-refractivity contribution is 5.83. The summed E-state index contributed by atoms with van der Waals surface area (Å²) in [5.41, 5.74) is 3.81. The van der Waals surface area contributed by atoms with Crippen molar-refractivity contribution in [2.75, 3.05) is 20.7 Å². The third kappa shape index (κ3) is 4.85. The molecule has 0 aliphatic carbocycles. The number of methoxy groups -OCH3 is 1. The van der Waals surface area contributed by atoms with Gasteiger partial charge in [-0.3, -0.25) is 4.99 Å². The fourth-order valence-electron chi connectivity index (χ4n) is 3.41. The zero-order valence-electron chi connectivity index (χ0n) is 17.5. The summed E-state index contributed by atoms with van der Waals surface area (Å²) in [6.07, 6.45) is 4.64. The number of H-pyrrole nitrogens is 1. The average Bonchev–Trinajstić information content (AvgIpc) is 3.43. The Bertz CT molecular complexity index is 1180. The summed E-state index contributed by atoms with van der Waals surface area (Å²) in [6, 6.07) is 14.5. The Morgan fingerprint density at radius 2 is 2.00 bits per heavy atom. The number of aromatic amines is 1. The molecular formula is C23H25FN6O. The van der Waals surface area contributed by atoms with Gasteiger partial charge in [0.05, 0.1) is 25.0 Å². The summed E-state index contributed by atoms with van der Waals surface area (Å²) in [7, 11) is 3.38. The van der Waals surface area contributed by atoms with Crippen LogP contribution in [-0.4, -0.2) is 41.4 Å². The van der Waals surface area contributed by atoms with Gasteiger partial charge in [0.15, 0.2) is 5.96 Å². The molecule has 0 saturated carbocycles. The van der Waals surface area contributed by atoms with Crippen LogP contribution in [-0.2, 0) is 13.0 Å². The maximum absolute atomic E-state index is 13.3. The van der Waals surface area contributed by atoms with Gasteiger partial charge in [0.25, 0.3) is 0 Å². The van der Waals surface area contributed by atoms with Gasteiger partial charge in [-0.15, -0.1) is 0 Å². The highest BCUT2D eigenvalue weighted by Gasteiger charge is 2.06. The first-order chi connectivity index (χ1) is 15.2. The maximum Gasteiger partial charge on any atom is 0.191 e. The van der Waals surface area contributed by atoms with E-state index in [4.69, 9.17) is 4.74 Å². The summed E-state index contributed by atoms with van der Waals surface area (Å²) in [5.74, 6) is 1.27. The zero-order valence-corrected chi connectivity index (χ0v) is 17.5. The van der Waals surface area contributed by atoms with E-state index in [0.717, 1.165) is 40.0 Å². The first-order valence-corrected chi connectivity index (χ1v) is 10.1. The molecule has 0 saturated heterocycles. The topological polar surface area (TPSA) is 79.3 Å². The summed E-state index contributed by atoms with van der Waals surface area (Å²) in [4.78, 5) is 7.39. The van der Waals surface area contributed by atoms with Crippen molar-refractivity contribution in [2.24, 2.45) is 4.99 Å². The molecule has 7 nitrogen and oxygen atoms in total. The van der Waals surface area contributed by atoms with E-state index in [2.05, 4.69) is 25.7 Å². The van der Waals surface area contributed by atoms with Gasteiger partial charge in [0, 0.05) is 36.9 Å². The smallest absolute Gasteiger partial charge is 0.191 e. The second kappa shape index (κ2) is 9.34. The number of rotatable bonds is 7. The molecule has 31 heavy (non-hydrogen) atoms. The molecule has 8 heteroatoms. The highest BCUT2D eigenvalue weighted by atomic mass is 19.1. The Kier molecular flexibility index (Phi) is 6.16. The van der Waals surface area contributed by atoms with E-state index in [0.29, 0.717) is 19.0 Å². The Labute approximate surface area is 180 Å². The number of nitrogens with zero attached hydrogens (tertiary/aromatic N) is 3. The predicted octanol–water partition coefficient (Wildman–Crippen LogP) is 3.41. The van der Waals surface area contributed by atoms with Gasteiger partial charge in [-0.2, -0.15) is 5.10 Å². The van der Waals surface area contributed by atoms with E-state index in [9.17, 15) is 4.39 Å². The van der Waals surface area contributed by atoms with E-state index in [1.165, 1.54) is 12.1 Å². The second-order valence-electron chi connectivity index (χ2n) is 7.06. The molecule has 2 heterocycles. The van der Waals surface area contributed by atoms with E-state index < -0.39 is 0 Å². The molecule has 3 N–H and O–H groups in total. The molecule has 2 aromatic heterocycles. The van der Waals surface area contributed by atoms with Crippen molar-refractivity contribution in [3.63, 3.8) is 0 Å². The van der Waals surface area contributed by atoms with Crippen molar-refractivity contribution >= 4 is 16.9 Å². The predicted molar refractivity (Wildman–Crippen MR) is 120 cm³/mol. The van der Waals surface area contributed by atoms with Crippen LogP contribution in [0.1, 0.15) is 11.3 Å². The number of ether oxygens (including phenoxy) is 1. The number of hydrogen-bond acceptors (Lipinski definition) is 3. The summed E-state index contributed by atoms with van der Waals surface area (Å²) < 4.78 is 20.4. The minimum atomic E-state index is -0.238. The minimum Gasteiger partial charge on any atom is -0.497 e. The van der Waals surface area contributed by atoms with E-state index >= 15 is 0 Å². The van der Waals surface area contributed by atoms with Crippen molar-refractivity contribution in [2.45, 2.75) is 13.0 Å². The number of fused-ring (bicyclic) bond motifs is 1. The summed E-state index contributed by atoms with van der Waals surface area (Å²) in [6.45, 7) is 1.25. The van der Waals surface area contributed by atoms with Gasteiger partial charge in [-0.05, 0) is 60.5 Å². The van der Waals surface area contributed by atoms with Gasteiger partial charge >= 0.3 is 0 Å². The lowest BCUT2D eigenvalue weighted by molar-refractivity contribution is 0.414. The molecular weight excluding hydrogens is 395 g/mol. The van der Waals surface area contributed by atoms with Gasteiger partial charge in [0.2, 0.25) is 0 Å². The molecule has 0 aliphatic heterocycles. The van der Waals surface area contributed by atoms with Gasteiger partial charge < -0.3 is 20.4 Å². The van der Waals surface area contributed by atoms with Crippen LogP contribution < -0.4 is 15.4 Å². The largest absolute Gasteiger partial charge is 0.497 e. The van der Waals surface area contributed by atoms with Crippen molar-refractivity contribution in [1.29, 1.82) is 0 Å². The van der Waals surface area contributed by atoms with E-state index in [1.54, 1.807) is 14.2 Å². The maximum atomic E-state index is 13.3. The SMILES string of the molecule is CN=C(NCCc1c[nH]c2cc(F)ccc12)NCc1ccn(-c2ccc(OC)cc2)n1. The first-order valence-electron chi connectivity index (χ1n) is 10.1.